The van der Waals surface area contributed by atoms with Gasteiger partial charge < -0.3 is 4.74 Å². The second kappa shape index (κ2) is 6.18. The molecule has 1 nitrogen and oxygen atoms in total. The lowest BCUT2D eigenvalue weighted by atomic mass is 10.1. The first-order chi connectivity index (χ1) is 8.33. The van der Waals surface area contributed by atoms with Gasteiger partial charge in [-0.3, -0.25) is 0 Å². The summed E-state index contributed by atoms with van der Waals surface area (Å²) in [5.74, 6) is -0.412. The van der Waals surface area contributed by atoms with Crippen molar-refractivity contribution in [3.63, 3.8) is 0 Å². The van der Waals surface area contributed by atoms with Crippen molar-refractivity contribution in [2.24, 2.45) is 0 Å². The number of ether oxygens (including phenoxy) is 1. The number of alkyl halides is 3. The molecule has 0 aromatic heterocycles. The van der Waals surface area contributed by atoms with Crippen molar-refractivity contribution in [3.05, 3.63) is 35.9 Å². The number of rotatable bonds is 5. The largest absolute Gasteiger partial charge is 0.494 e. The van der Waals surface area contributed by atoms with Gasteiger partial charge in [-0.25, -0.2) is 0 Å². The fourth-order valence-corrected chi connectivity index (χ4v) is 2.17. The molecule has 0 unspecified atom stereocenters. The van der Waals surface area contributed by atoms with E-state index >= 15 is 0 Å². The van der Waals surface area contributed by atoms with E-state index in [-0.39, 0.29) is 0 Å². The molecule has 0 amide bonds. The van der Waals surface area contributed by atoms with Gasteiger partial charge in [0.15, 0.2) is 0 Å². The predicted molar refractivity (Wildman–Crippen MR) is 68.6 cm³/mol. The van der Waals surface area contributed by atoms with Crippen molar-refractivity contribution < 1.29 is 17.9 Å². The molecule has 0 bridgehead atoms. The van der Waals surface area contributed by atoms with Crippen molar-refractivity contribution in [1.29, 1.82) is 0 Å². The first-order valence-corrected chi connectivity index (χ1v) is 6.44. The molecular weight excluding hydrogens is 261 g/mol. The third kappa shape index (κ3) is 4.64. The Hall–Kier alpha value is -1.10. The highest BCUT2D eigenvalue weighted by Crippen LogP contribution is 2.31. The molecule has 0 radical (unpaired) electrons. The van der Waals surface area contributed by atoms with Gasteiger partial charge in [0, 0.05) is 10.5 Å². The summed E-state index contributed by atoms with van der Waals surface area (Å²) in [5.41, 5.74) is 1.53. The van der Waals surface area contributed by atoms with Crippen molar-refractivity contribution in [3.8, 4) is 0 Å². The fraction of sp³-hybridized carbons (Fsp3) is 0.385. The molecule has 0 saturated heterocycles. The third-order valence-electron chi connectivity index (χ3n) is 2.22. The molecule has 0 spiro atoms. The Bertz CT molecular complexity index is 427. The third-order valence-corrected chi connectivity index (χ3v) is 3.44. The van der Waals surface area contributed by atoms with Crippen LogP contribution in [-0.2, 0) is 4.74 Å². The van der Waals surface area contributed by atoms with Crippen LogP contribution in [0.4, 0.5) is 13.2 Å². The van der Waals surface area contributed by atoms with E-state index in [1.54, 1.807) is 25.1 Å². The molecule has 0 aliphatic rings. The van der Waals surface area contributed by atoms with Gasteiger partial charge in [-0.1, -0.05) is 18.7 Å². The molecule has 0 heterocycles. The molecule has 0 N–H and O–H groups in total. The lowest BCUT2D eigenvalue weighted by Crippen LogP contribution is -2.10. The van der Waals surface area contributed by atoms with Crippen LogP contribution in [-0.4, -0.2) is 18.5 Å². The Balaban J connectivity index is 2.84. The van der Waals surface area contributed by atoms with E-state index < -0.39 is 11.9 Å². The standard InChI is InChI=1S/C13H15F3OS/c1-4-17-10(3)11-6-5-9(2)12(7-11)18-8-13(14,15)16/h5-7H,3-4,8H2,1-2H3. The monoisotopic (exact) mass is 276 g/mol. The molecule has 0 atom stereocenters. The second-order valence-corrected chi connectivity index (χ2v) is 4.76. The van der Waals surface area contributed by atoms with Crippen LogP contribution >= 0.6 is 11.8 Å². The molecule has 100 valence electrons. The number of thioether (sulfide) groups is 1. The second-order valence-electron chi connectivity index (χ2n) is 3.74. The molecule has 1 aromatic rings. The van der Waals surface area contributed by atoms with Gasteiger partial charge in [0.05, 0.1) is 12.4 Å². The smallest absolute Gasteiger partial charge is 0.398 e. The van der Waals surface area contributed by atoms with Gasteiger partial charge >= 0.3 is 6.18 Å². The van der Waals surface area contributed by atoms with Gasteiger partial charge in [-0.15, -0.1) is 11.8 Å². The highest BCUT2D eigenvalue weighted by molar-refractivity contribution is 7.99. The zero-order valence-corrected chi connectivity index (χ0v) is 11.1. The van der Waals surface area contributed by atoms with E-state index in [1.807, 2.05) is 6.92 Å². The summed E-state index contributed by atoms with van der Waals surface area (Å²) in [5, 5.41) is 0. The number of aryl methyl sites for hydroxylation is 1. The highest BCUT2D eigenvalue weighted by Gasteiger charge is 2.27. The summed E-state index contributed by atoms with van der Waals surface area (Å²) in [6, 6.07) is 5.26. The van der Waals surface area contributed by atoms with E-state index in [9.17, 15) is 13.2 Å². The summed E-state index contributed by atoms with van der Waals surface area (Å²) < 4.78 is 41.8. The summed E-state index contributed by atoms with van der Waals surface area (Å²) >= 11 is 0.782. The van der Waals surface area contributed by atoms with Gasteiger partial charge in [-0.2, -0.15) is 13.2 Å². The van der Waals surface area contributed by atoms with E-state index in [2.05, 4.69) is 6.58 Å². The molecule has 5 heteroatoms. The number of benzene rings is 1. The van der Waals surface area contributed by atoms with Crippen LogP contribution in [0.5, 0.6) is 0 Å². The summed E-state index contributed by atoms with van der Waals surface area (Å²) in [7, 11) is 0. The topological polar surface area (TPSA) is 9.23 Å². The van der Waals surface area contributed by atoms with Crippen LogP contribution in [0.1, 0.15) is 18.1 Å². The zero-order chi connectivity index (χ0) is 13.8. The van der Waals surface area contributed by atoms with Gasteiger partial charge in [0.1, 0.15) is 5.76 Å². The normalized spacial score (nSPS) is 11.4. The maximum absolute atomic E-state index is 12.2. The van der Waals surface area contributed by atoms with E-state index in [0.29, 0.717) is 22.8 Å². The quantitative estimate of drug-likeness (QED) is 0.571. The van der Waals surface area contributed by atoms with Crippen molar-refractivity contribution in [2.75, 3.05) is 12.4 Å². The Morgan fingerprint density at radius 1 is 1.39 bits per heavy atom. The van der Waals surface area contributed by atoms with Crippen LogP contribution in [0.15, 0.2) is 29.7 Å². The molecule has 0 aliphatic heterocycles. The highest BCUT2D eigenvalue weighted by atomic mass is 32.2. The molecule has 0 aliphatic carbocycles. The zero-order valence-electron chi connectivity index (χ0n) is 10.3. The van der Waals surface area contributed by atoms with E-state index in [4.69, 9.17) is 4.74 Å². The minimum absolute atomic E-state index is 0.478. The summed E-state index contributed by atoms with van der Waals surface area (Å²) in [6.45, 7) is 7.84. The Morgan fingerprint density at radius 3 is 2.61 bits per heavy atom. The minimum atomic E-state index is -4.16. The van der Waals surface area contributed by atoms with Gasteiger partial charge in [-0.05, 0) is 25.5 Å². The maximum atomic E-state index is 12.2. The summed E-state index contributed by atoms with van der Waals surface area (Å²) in [4.78, 5) is 0.602. The van der Waals surface area contributed by atoms with Crippen molar-refractivity contribution >= 4 is 17.5 Å². The Morgan fingerprint density at radius 2 is 2.06 bits per heavy atom. The predicted octanol–water partition coefficient (Wildman–Crippen LogP) is 4.66. The maximum Gasteiger partial charge on any atom is 0.398 e. The van der Waals surface area contributed by atoms with Crippen LogP contribution in [0.2, 0.25) is 0 Å². The molecular formula is C13H15F3OS. The molecule has 18 heavy (non-hydrogen) atoms. The Labute approximate surface area is 109 Å². The lowest BCUT2D eigenvalue weighted by Gasteiger charge is -2.12. The van der Waals surface area contributed by atoms with Gasteiger partial charge in [0.25, 0.3) is 0 Å². The first-order valence-electron chi connectivity index (χ1n) is 5.45. The van der Waals surface area contributed by atoms with Crippen molar-refractivity contribution in [2.45, 2.75) is 24.9 Å². The van der Waals surface area contributed by atoms with Crippen LogP contribution < -0.4 is 0 Å². The molecule has 1 aromatic carbocycles. The average Bonchev–Trinajstić information content (AvgIpc) is 2.27. The minimum Gasteiger partial charge on any atom is -0.494 e. The SMILES string of the molecule is C=C(OCC)c1ccc(C)c(SCC(F)(F)F)c1. The Kier molecular flexibility index (Phi) is 5.14. The van der Waals surface area contributed by atoms with E-state index in [1.165, 1.54) is 0 Å². The lowest BCUT2D eigenvalue weighted by molar-refractivity contribution is -0.105. The molecule has 0 saturated carbocycles. The van der Waals surface area contributed by atoms with Crippen LogP contribution in [0, 0.1) is 6.92 Å². The van der Waals surface area contributed by atoms with Gasteiger partial charge in [0.2, 0.25) is 0 Å². The van der Waals surface area contributed by atoms with Crippen molar-refractivity contribution in [1.82, 2.24) is 0 Å². The number of halogens is 3. The number of hydrogen-bond donors (Lipinski definition) is 0. The summed E-state index contributed by atoms with van der Waals surface area (Å²) in [6.07, 6.45) is -4.16. The van der Waals surface area contributed by atoms with Crippen LogP contribution in [0.25, 0.3) is 5.76 Å². The van der Waals surface area contributed by atoms with Crippen LogP contribution in [0.3, 0.4) is 0 Å². The average molecular weight is 276 g/mol. The fourth-order valence-electron chi connectivity index (χ4n) is 1.35. The first kappa shape index (κ1) is 15.0. The molecule has 1 rings (SSSR count). The number of hydrogen-bond acceptors (Lipinski definition) is 2. The molecule has 0 fully saturated rings. The van der Waals surface area contributed by atoms with E-state index in [0.717, 1.165) is 17.3 Å².